The first-order valence-electron chi connectivity index (χ1n) is 13.5. The molecule has 2 amide bonds. The average molecular weight is 553 g/mol. The van der Waals surface area contributed by atoms with Crippen LogP contribution in [0.5, 0.6) is 17.2 Å². The molecule has 3 unspecified atom stereocenters. The lowest BCUT2D eigenvalue weighted by Gasteiger charge is -2.42. The normalized spacial score (nSPS) is 21.2. The summed E-state index contributed by atoms with van der Waals surface area (Å²) >= 11 is 0. The fraction of sp³-hybridized carbons (Fsp3) is 0.226. The van der Waals surface area contributed by atoms with Gasteiger partial charge in [0, 0.05) is 24.1 Å². The third kappa shape index (κ3) is 5.22. The van der Waals surface area contributed by atoms with Crippen LogP contribution < -0.4 is 36.3 Å². The van der Waals surface area contributed by atoms with E-state index in [1.165, 1.54) is 6.08 Å². The second-order valence-electron chi connectivity index (χ2n) is 10.4. The molecule has 0 aliphatic carbocycles. The molecule has 0 saturated carbocycles. The average Bonchev–Trinajstić information content (AvgIpc) is 3.31. The number of carbonyl (C=O) groups excluding carboxylic acids is 2. The summed E-state index contributed by atoms with van der Waals surface area (Å²) in [4.78, 5) is 27.7. The Hall–Kier alpha value is -4.80. The number of carbonyl (C=O) groups is 2. The topological polar surface area (TPSA) is 121 Å². The van der Waals surface area contributed by atoms with Crippen molar-refractivity contribution >= 4 is 23.2 Å². The third-order valence-corrected chi connectivity index (χ3v) is 7.33. The van der Waals surface area contributed by atoms with Gasteiger partial charge in [0.2, 0.25) is 5.91 Å². The van der Waals surface area contributed by atoms with Gasteiger partial charge in [-0.1, -0.05) is 36.4 Å². The molecule has 0 bridgehead atoms. The largest absolute Gasteiger partial charge is 0.489 e. The van der Waals surface area contributed by atoms with E-state index in [4.69, 9.17) is 15.2 Å². The zero-order valence-electron chi connectivity index (χ0n) is 22.8. The summed E-state index contributed by atoms with van der Waals surface area (Å²) in [5, 5.41) is 7.75. The Morgan fingerprint density at radius 2 is 1.85 bits per heavy atom. The number of amides is 2. The summed E-state index contributed by atoms with van der Waals surface area (Å²) < 4.78 is 12.0. The smallest absolute Gasteiger partial charge is 0.252 e. The Kier molecular flexibility index (Phi) is 7.08. The number of nitrogens with one attached hydrogen (secondary N) is 3. The van der Waals surface area contributed by atoms with Crippen LogP contribution in [0, 0.1) is 0 Å². The summed E-state index contributed by atoms with van der Waals surface area (Å²) in [6.07, 6.45) is 3.31. The van der Waals surface area contributed by atoms with Crippen molar-refractivity contribution in [2.75, 3.05) is 37.6 Å². The number of nitrogens with two attached hydrogens (primary N) is 1. The van der Waals surface area contributed by atoms with Gasteiger partial charge in [-0.15, -0.1) is 0 Å². The predicted molar refractivity (Wildman–Crippen MR) is 157 cm³/mol. The highest BCUT2D eigenvalue weighted by molar-refractivity contribution is 6.01. The fourth-order valence-corrected chi connectivity index (χ4v) is 5.48. The van der Waals surface area contributed by atoms with Crippen LogP contribution in [0.3, 0.4) is 0 Å². The van der Waals surface area contributed by atoms with Crippen LogP contribution in [-0.2, 0) is 9.59 Å². The van der Waals surface area contributed by atoms with Crippen LogP contribution in [0.15, 0.2) is 96.3 Å². The van der Waals surface area contributed by atoms with Crippen molar-refractivity contribution < 1.29 is 19.1 Å². The lowest BCUT2D eigenvalue weighted by molar-refractivity contribution is -0.120. The molecule has 41 heavy (non-hydrogen) atoms. The van der Waals surface area contributed by atoms with Crippen LogP contribution in [0.2, 0.25) is 0 Å². The number of rotatable bonds is 7. The number of fused-ring (bicyclic) bond motifs is 5. The minimum absolute atomic E-state index is 0.170. The van der Waals surface area contributed by atoms with Gasteiger partial charge in [-0.05, 0) is 56.6 Å². The number of para-hydroxylation sites is 2. The van der Waals surface area contributed by atoms with Crippen molar-refractivity contribution in [1.82, 2.24) is 15.6 Å². The molecule has 3 atom stereocenters. The molecular weight excluding hydrogens is 520 g/mol. The Morgan fingerprint density at radius 3 is 2.61 bits per heavy atom. The molecule has 210 valence electrons. The zero-order chi connectivity index (χ0) is 28.5. The van der Waals surface area contributed by atoms with Gasteiger partial charge in [0.1, 0.15) is 29.7 Å². The molecule has 10 heteroatoms. The van der Waals surface area contributed by atoms with Gasteiger partial charge in [0.25, 0.3) is 5.91 Å². The number of hydrazine groups is 1. The maximum absolute atomic E-state index is 13.2. The van der Waals surface area contributed by atoms with Crippen LogP contribution in [-0.4, -0.2) is 56.0 Å². The summed E-state index contributed by atoms with van der Waals surface area (Å²) in [5.41, 5.74) is 12.8. The zero-order valence-corrected chi connectivity index (χ0v) is 22.8. The first-order chi connectivity index (χ1) is 19.9. The van der Waals surface area contributed by atoms with E-state index in [9.17, 15) is 9.59 Å². The van der Waals surface area contributed by atoms with E-state index in [1.807, 2.05) is 91.8 Å². The maximum Gasteiger partial charge on any atom is 0.252 e. The first kappa shape index (κ1) is 26.4. The van der Waals surface area contributed by atoms with Crippen molar-refractivity contribution in [3.05, 3.63) is 102 Å². The van der Waals surface area contributed by atoms with Gasteiger partial charge < -0.3 is 30.7 Å². The molecule has 3 aliphatic rings. The number of nitrogens with zero attached hydrogens (tertiary/aromatic N) is 2. The molecule has 3 aromatic carbocycles. The van der Waals surface area contributed by atoms with Gasteiger partial charge >= 0.3 is 0 Å². The Morgan fingerprint density at radius 1 is 1.10 bits per heavy atom. The summed E-state index contributed by atoms with van der Waals surface area (Å²) in [6.45, 7) is 0.924. The SMILES string of the molecule is CN(C)C/C=C/C(=O)Nc1cccc2c1OCC1NC(=O)C3=C(N)N(c4ccc(Oc5ccccc5)cc4)NC3C21. The van der Waals surface area contributed by atoms with Crippen molar-refractivity contribution in [2.45, 2.75) is 18.0 Å². The van der Waals surface area contributed by atoms with Crippen molar-refractivity contribution in [1.29, 1.82) is 0 Å². The standard InChI is InChI=1S/C31H32N6O4/c1-36(2)17-7-12-25(38)33-23-11-6-10-22-26-24(18-40-29(22)23)34-31(39)27-28(26)35-37(30(27)32)19-13-15-21(16-14-19)41-20-8-4-3-5-9-20/h3-16,24,26,28,35H,17-18,32H2,1-2H3,(H,33,38)(H,34,39)/b12-7+. The summed E-state index contributed by atoms with van der Waals surface area (Å²) in [7, 11) is 3.87. The molecule has 10 nitrogen and oxygen atoms in total. The number of hydrogen-bond donors (Lipinski definition) is 4. The van der Waals surface area contributed by atoms with E-state index in [-0.39, 0.29) is 36.4 Å². The van der Waals surface area contributed by atoms with Crippen molar-refractivity contribution in [3.8, 4) is 17.2 Å². The van der Waals surface area contributed by atoms with Gasteiger partial charge in [0.15, 0.2) is 0 Å². The van der Waals surface area contributed by atoms with E-state index in [1.54, 1.807) is 11.1 Å². The fourth-order valence-electron chi connectivity index (χ4n) is 5.48. The minimum Gasteiger partial charge on any atom is -0.489 e. The molecule has 3 aromatic rings. The number of piperidine rings is 1. The van der Waals surface area contributed by atoms with Gasteiger partial charge in [-0.2, -0.15) is 0 Å². The first-order valence-corrected chi connectivity index (χ1v) is 13.5. The highest BCUT2D eigenvalue weighted by Gasteiger charge is 2.50. The number of anilines is 2. The number of benzene rings is 3. The Bertz CT molecular complexity index is 1520. The number of ether oxygens (including phenoxy) is 2. The predicted octanol–water partition coefficient (Wildman–Crippen LogP) is 3.07. The molecule has 1 fully saturated rings. The molecule has 3 heterocycles. The molecule has 5 N–H and O–H groups in total. The van der Waals surface area contributed by atoms with Gasteiger partial charge in [-0.25, -0.2) is 5.43 Å². The monoisotopic (exact) mass is 552 g/mol. The highest BCUT2D eigenvalue weighted by atomic mass is 16.5. The van der Waals surface area contributed by atoms with Crippen LogP contribution >= 0.6 is 0 Å². The summed E-state index contributed by atoms with van der Waals surface area (Å²) in [6, 6.07) is 22.1. The lowest BCUT2D eigenvalue weighted by Crippen LogP contribution is -2.58. The van der Waals surface area contributed by atoms with Gasteiger partial charge in [-0.3, -0.25) is 14.6 Å². The second-order valence-corrected chi connectivity index (χ2v) is 10.4. The van der Waals surface area contributed by atoms with Crippen LogP contribution in [0.1, 0.15) is 11.5 Å². The van der Waals surface area contributed by atoms with Crippen molar-refractivity contribution in [2.24, 2.45) is 5.73 Å². The van der Waals surface area contributed by atoms with Crippen LogP contribution in [0.25, 0.3) is 0 Å². The quantitative estimate of drug-likeness (QED) is 0.330. The van der Waals surface area contributed by atoms with Crippen molar-refractivity contribution in [3.63, 3.8) is 0 Å². The highest BCUT2D eigenvalue weighted by Crippen LogP contribution is 2.46. The van der Waals surface area contributed by atoms with Crippen LogP contribution in [0.4, 0.5) is 11.4 Å². The van der Waals surface area contributed by atoms with E-state index in [0.29, 0.717) is 35.1 Å². The minimum atomic E-state index is -0.386. The molecule has 0 spiro atoms. The Balaban J connectivity index is 1.25. The maximum atomic E-state index is 13.2. The van der Waals surface area contributed by atoms with E-state index in [2.05, 4.69) is 16.1 Å². The lowest BCUT2D eigenvalue weighted by atomic mass is 9.77. The number of hydrogen-bond acceptors (Lipinski definition) is 8. The molecule has 0 radical (unpaired) electrons. The van der Waals surface area contributed by atoms with E-state index >= 15 is 0 Å². The molecule has 6 rings (SSSR count). The van der Waals surface area contributed by atoms with Gasteiger partial charge in [0.05, 0.1) is 29.0 Å². The second kappa shape index (κ2) is 11.0. The molecular formula is C31H32N6O4. The Labute approximate surface area is 238 Å². The third-order valence-electron chi connectivity index (χ3n) is 7.33. The molecule has 3 aliphatic heterocycles. The molecule has 1 saturated heterocycles. The summed E-state index contributed by atoms with van der Waals surface area (Å²) in [5.74, 6) is 1.73. The number of likely N-dealkylation sites (N-methyl/N-ethyl adjacent to an activating group) is 1. The van der Waals surface area contributed by atoms with E-state index in [0.717, 1.165) is 17.0 Å². The van der Waals surface area contributed by atoms with E-state index < -0.39 is 0 Å². The molecule has 0 aromatic heterocycles.